The number of rotatable bonds is 22. The number of carbonyl (C=O) groups is 8. The van der Waals surface area contributed by atoms with E-state index < -0.39 is 115 Å². The Morgan fingerprint density at radius 1 is 0.683 bits per heavy atom. The molecule has 0 bridgehead atoms. The molecule has 6 amide bonds. The fourth-order valence-corrected chi connectivity index (χ4v) is 7.06. The van der Waals surface area contributed by atoms with Crippen LogP contribution < -0.4 is 32.3 Å². The molecule has 0 saturated heterocycles. The molecule has 1 aliphatic carbocycles. The molecule has 0 radical (unpaired) electrons. The number of hydrogen-bond donors (Lipinski definition) is 9. The maximum absolute atomic E-state index is 14.0. The summed E-state index contributed by atoms with van der Waals surface area (Å²) < 4.78 is 11.4. The Morgan fingerprint density at radius 3 is 1.75 bits per heavy atom. The zero-order valence-electron chi connectivity index (χ0n) is 35.3. The number of carbonyl (C=O) groups excluding carboxylic acids is 6. The minimum atomic E-state index is -1.79. The molecule has 1 aliphatic rings. The Labute approximate surface area is 363 Å². The lowest BCUT2D eigenvalue weighted by molar-refractivity contribution is -0.144. The van der Waals surface area contributed by atoms with Crippen LogP contribution in [0, 0.1) is 0 Å². The Hall–Kier alpha value is -6.86. The zero-order chi connectivity index (χ0) is 46.4. The Morgan fingerprint density at radius 2 is 1.21 bits per heavy atom. The SMILES string of the molecule is C[C@@H](OC(C)(C)C)[C@H](NC(=O)[C@H](CC(N)=O)NC(=O)[C@H](CO)NC(=O)OCC1c2ccccc2-c2ccccc21)C(=O)N[C@@H](CCC(=O)O)C(=O)N[C@@H](Cc1ccccc1)C(=O)O. The quantitative estimate of drug-likeness (QED) is 0.0684. The van der Waals surface area contributed by atoms with E-state index in [1.807, 2.05) is 48.5 Å². The molecule has 0 aromatic heterocycles. The minimum Gasteiger partial charge on any atom is -0.481 e. The van der Waals surface area contributed by atoms with Crippen molar-refractivity contribution >= 4 is 47.6 Å². The number of hydrogen-bond acceptors (Lipinski definition) is 11. The van der Waals surface area contributed by atoms with Crippen LogP contribution in [0.2, 0.25) is 0 Å². The summed E-state index contributed by atoms with van der Waals surface area (Å²) in [6.07, 6.45) is -4.31. The number of ether oxygens (including phenoxy) is 2. The molecule has 3 aromatic carbocycles. The molecule has 4 rings (SSSR count). The Balaban J connectivity index is 1.48. The van der Waals surface area contributed by atoms with Gasteiger partial charge in [-0.3, -0.25) is 28.8 Å². The highest BCUT2D eigenvalue weighted by Crippen LogP contribution is 2.44. The highest BCUT2D eigenvalue weighted by atomic mass is 16.5. The van der Waals surface area contributed by atoms with E-state index in [2.05, 4.69) is 26.6 Å². The van der Waals surface area contributed by atoms with Gasteiger partial charge in [-0.05, 0) is 61.9 Å². The first kappa shape index (κ1) is 48.8. The van der Waals surface area contributed by atoms with Crippen LogP contribution >= 0.6 is 0 Å². The highest BCUT2D eigenvalue weighted by Gasteiger charge is 2.37. The first-order valence-corrected chi connectivity index (χ1v) is 20.2. The number of primary amides is 1. The number of amides is 6. The highest BCUT2D eigenvalue weighted by molar-refractivity contribution is 5.97. The predicted octanol–water partition coefficient (Wildman–Crippen LogP) is 1.10. The molecule has 3 aromatic rings. The maximum atomic E-state index is 14.0. The monoisotopic (exact) mass is 874 g/mol. The van der Waals surface area contributed by atoms with E-state index in [0.29, 0.717) is 5.56 Å². The second kappa shape index (κ2) is 22.3. The van der Waals surface area contributed by atoms with Gasteiger partial charge in [0.05, 0.1) is 24.7 Å². The van der Waals surface area contributed by atoms with E-state index in [9.17, 15) is 53.7 Å². The van der Waals surface area contributed by atoms with Crippen LogP contribution in [0.15, 0.2) is 78.9 Å². The van der Waals surface area contributed by atoms with Gasteiger partial charge in [-0.25, -0.2) is 9.59 Å². The molecule has 0 fully saturated rings. The van der Waals surface area contributed by atoms with Gasteiger partial charge in [-0.1, -0.05) is 78.9 Å². The summed E-state index contributed by atoms with van der Waals surface area (Å²) in [5, 5.41) is 41.0. The van der Waals surface area contributed by atoms with E-state index in [1.54, 1.807) is 51.1 Å². The zero-order valence-corrected chi connectivity index (χ0v) is 35.3. The number of nitrogens with two attached hydrogens (primary N) is 1. The number of aliphatic hydroxyl groups excluding tert-OH is 1. The summed E-state index contributed by atoms with van der Waals surface area (Å²) in [5.41, 5.74) is 8.90. The van der Waals surface area contributed by atoms with Gasteiger partial charge in [-0.15, -0.1) is 0 Å². The van der Waals surface area contributed by atoms with Crippen molar-refractivity contribution in [3.8, 4) is 11.1 Å². The van der Waals surface area contributed by atoms with Crippen LogP contribution in [0.5, 0.6) is 0 Å². The average molecular weight is 875 g/mol. The number of aliphatic hydroxyl groups is 1. The molecular weight excluding hydrogens is 821 g/mol. The number of alkyl carbamates (subject to hydrolysis) is 1. The van der Waals surface area contributed by atoms with Gasteiger partial charge >= 0.3 is 18.0 Å². The van der Waals surface area contributed by atoms with Crippen molar-refractivity contribution in [1.82, 2.24) is 26.6 Å². The summed E-state index contributed by atoms with van der Waals surface area (Å²) in [5.74, 6) is -8.47. The fraction of sp³-hybridized carbons (Fsp3) is 0.409. The third-order valence-corrected chi connectivity index (χ3v) is 9.94. The Bertz CT molecular complexity index is 2100. The molecule has 0 saturated carbocycles. The molecule has 0 aliphatic heterocycles. The maximum Gasteiger partial charge on any atom is 0.407 e. The van der Waals surface area contributed by atoms with Gasteiger partial charge in [0, 0.05) is 18.8 Å². The van der Waals surface area contributed by atoms with Gasteiger partial charge in [0.25, 0.3) is 0 Å². The summed E-state index contributed by atoms with van der Waals surface area (Å²) in [6.45, 7) is 5.28. The molecule has 0 heterocycles. The van der Waals surface area contributed by atoms with Crippen LogP contribution in [0.1, 0.15) is 69.6 Å². The van der Waals surface area contributed by atoms with Gasteiger partial charge in [-0.2, -0.15) is 0 Å². The number of carboxylic acid groups (broad SMARTS) is 2. The number of benzene rings is 3. The van der Waals surface area contributed by atoms with Crippen molar-refractivity contribution in [2.45, 2.75) is 101 Å². The molecule has 19 nitrogen and oxygen atoms in total. The molecule has 0 unspecified atom stereocenters. The number of nitrogens with one attached hydrogen (secondary N) is 5. The lowest BCUT2D eigenvalue weighted by atomic mass is 9.98. The van der Waals surface area contributed by atoms with Crippen molar-refractivity contribution < 1.29 is 63.1 Å². The lowest BCUT2D eigenvalue weighted by Gasteiger charge is -2.32. The van der Waals surface area contributed by atoms with E-state index in [1.165, 1.54) is 6.92 Å². The molecule has 6 atom stereocenters. The van der Waals surface area contributed by atoms with Gasteiger partial charge in [0.1, 0.15) is 36.8 Å². The first-order valence-electron chi connectivity index (χ1n) is 20.2. The molecule has 19 heteroatoms. The first-order chi connectivity index (χ1) is 29.8. The average Bonchev–Trinajstić information content (AvgIpc) is 3.54. The third kappa shape index (κ3) is 14.4. The summed E-state index contributed by atoms with van der Waals surface area (Å²) >= 11 is 0. The van der Waals surface area contributed by atoms with Crippen LogP contribution in [0.25, 0.3) is 11.1 Å². The topological polar surface area (TPSA) is 302 Å². The van der Waals surface area contributed by atoms with E-state index in [-0.39, 0.29) is 18.9 Å². The summed E-state index contributed by atoms with van der Waals surface area (Å²) in [7, 11) is 0. The van der Waals surface area contributed by atoms with Crippen molar-refractivity contribution in [2.75, 3.05) is 13.2 Å². The van der Waals surface area contributed by atoms with Crippen LogP contribution in [0.3, 0.4) is 0 Å². The molecule has 338 valence electrons. The van der Waals surface area contributed by atoms with E-state index >= 15 is 0 Å². The van der Waals surface area contributed by atoms with E-state index in [4.69, 9.17) is 15.2 Å². The second-order valence-corrected chi connectivity index (χ2v) is 15.9. The summed E-state index contributed by atoms with van der Waals surface area (Å²) in [6, 6.07) is 15.4. The van der Waals surface area contributed by atoms with E-state index in [0.717, 1.165) is 22.3 Å². The van der Waals surface area contributed by atoms with Crippen molar-refractivity contribution in [3.63, 3.8) is 0 Å². The lowest BCUT2D eigenvalue weighted by Crippen LogP contribution is -2.62. The normalized spacial score (nSPS) is 14.8. The smallest absolute Gasteiger partial charge is 0.407 e. The van der Waals surface area contributed by atoms with Crippen molar-refractivity contribution in [3.05, 3.63) is 95.6 Å². The number of carboxylic acids is 2. The van der Waals surface area contributed by atoms with Crippen molar-refractivity contribution in [2.24, 2.45) is 5.73 Å². The molecule has 0 spiro atoms. The molecular formula is C44H54N6O13. The van der Waals surface area contributed by atoms with Crippen molar-refractivity contribution in [1.29, 1.82) is 0 Å². The predicted molar refractivity (Wildman–Crippen MR) is 226 cm³/mol. The van der Waals surface area contributed by atoms with Crippen LogP contribution in [0.4, 0.5) is 4.79 Å². The standard InChI is InChI=1S/C44H54N6O13/c1-24(63-44(2,3)4)37(41(58)46-31(18-19-36(53)54)38(55)48-33(42(59)60)20-25-12-6-5-7-13-25)50-39(56)32(21-35(45)52)47-40(57)34(22-51)49-43(61)62-23-30-28-16-10-8-14-26(28)27-15-9-11-17-29(27)30/h5-17,24,30-34,37,51H,18-23H2,1-4H3,(H2,45,52)(H,46,58)(H,47,57)(H,48,55)(H,49,61)(H,50,56)(H,53,54)(H,59,60)/t24-,31+,32+,33+,34+,37+/m1/s1. The van der Waals surface area contributed by atoms with Gasteiger partial charge < -0.3 is 57.1 Å². The van der Waals surface area contributed by atoms with Crippen LogP contribution in [-0.2, 0) is 49.5 Å². The molecule has 63 heavy (non-hydrogen) atoms. The van der Waals surface area contributed by atoms with Crippen LogP contribution in [-0.4, -0.2) is 118 Å². The van der Waals surface area contributed by atoms with Gasteiger partial charge in [0.15, 0.2) is 0 Å². The second-order valence-electron chi connectivity index (χ2n) is 15.9. The number of aliphatic carboxylic acids is 2. The fourth-order valence-electron chi connectivity index (χ4n) is 7.06. The minimum absolute atomic E-state index is 0.114. The number of fused-ring (bicyclic) bond motifs is 3. The largest absolute Gasteiger partial charge is 0.481 e. The third-order valence-electron chi connectivity index (χ3n) is 9.94. The summed E-state index contributed by atoms with van der Waals surface area (Å²) in [4.78, 5) is 104. The molecule has 10 N–H and O–H groups in total. The van der Waals surface area contributed by atoms with Gasteiger partial charge in [0.2, 0.25) is 29.5 Å². The Kier molecular flexibility index (Phi) is 17.3.